The Morgan fingerprint density at radius 1 is 1.17 bits per heavy atom. The minimum absolute atomic E-state index is 0.0544. The zero-order valence-electron chi connectivity index (χ0n) is 12.5. The molecule has 120 valence electrons. The Morgan fingerprint density at radius 2 is 1.92 bits per heavy atom. The molecule has 3 rings (SSSR count). The first-order chi connectivity index (χ1) is 11.5. The van der Waals surface area contributed by atoms with Crippen LogP contribution in [0.3, 0.4) is 0 Å². The molecule has 0 aliphatic carbocycles. The highest BCUT2D eigenvalue weighted by molar-refractivity contribution is 5.73. The van der Waals surface area contributed by atoms with Crippen molar-refractivity contribution in [3.05, 3.63) is 82.2 Å². The van der Waals surface area contributed by atoms with E-state index in [1.54, 1.807) is 12.1 Å². The maximum Gasteiger partial charge on any atom is 0.432 e. The van der Waals surface area contributed by atoms with Crippen LogP contribution in [0, 0.1) is 10.1 Å². The number of benzene rings is 2. The van der Waals surface area contributed by atoms with Crippen LogP contribution < -0.4 is 0 Å². The van der Waals surface area contributed by atoms with Crippen molar-refractivity contribution in [3.8, 4) is 11.1 Å². The molecule has 1 N–H and O–H groups in total. The van der Waals surface area contributed by atoms with Crippen LogP contribution in [-0.2, 0) is 6.42 Å². The van der Waals surface area contributed by atoms with Gasteiger partial charge < -0.3 is 5.11 Å². The summed E-state index contributed by atoms with van der Waals surface area (Å²) in [7, 11) is 0. The van der Waals surface area contributed by atoms with Crippen molar-refractivity contribution in [2.45, 2.75) is 6.42 Å². The van der Waals surface area contributed by atoms with E-state index in [9.17, 15) is 20.0 Å². The monoisotopic (exact) mass is 323 g/mol. The Balaban J connectivity index is 2.07. The van der Waals surface area contributed by atoms with E-state index in [-0.39, 0.29) is 5.69 Å². The van der Waals surface area contributed by atoms with Gasteiger partial charge in [0.15, 0.2) is 0 Å². The first-order valence-electron chi connectivity index (χ1n) is 7.15. The SMILES string of the molecule is O=C(O)n1cc(-c2cccc([N+](=O)[O-])c2)c(Cc2ccccc2)n1. The first-order valence-corrected chi connectivity index (χ1v) is 7.15. The number of nitrogens with zero attached hydrogens (tertiary/aromatic N) is 3. The number of aromatic nitrogens is 2. The quantitative estimate of drug-likeness (QED) is 0.584. The average Bonchev–Trinajstić information content (AvgIpc) is 3.00. The van der Waals surface area contributed by atoms with Crippen LogP contribution in [0.4, 0.5) is 10.5 Å². The van der Waals surface area contributed by atoms with Crippen molar-refractivity contribution in [1.82, 2.24) is 9.78 Å². The Kier molecular flexibility index (Phi) is 4.07. The molecular formula is C17H13N3O4. The summed E-state index contributed by atoms with van der Waals surface area (Å²) < 4.78 is 0.826. The highest BCUT2D eigenvalue weighted by Gasteiger charge is 2.16. The van der Waals surface area contributed by atoms with E-state index >= 15 is 0 Å². The Bertz CT molecular complexity index is 903. The summed E-state index contributed by atoms with van der Waals surface area (Å²) in [6.45, 7) is 0. The number of rotatable bonds is 4. The van der Waals surface area contributed by atoms with Gasteiger partial charge in [-0.3, -0.25) is 10.1 Å². The summed E-state index contributed by atoms with van der Waals surface area (Å²) in [5, 5.41) is 24.2. The minimum atomic E-state index is -1.21. The van der Waals surface area contributed by atoms with Gasteiger partial charge in [-0.05, 0) is 11.1 Å². The highest BCUT2D eigenvalue weighted by atomic mass is 16.6. The van der Waals surface area contributed by atoms with Crippen molar-refractivity contribution >= 4 is 11.8 Å². The second-order valence-electron chi connectivity index (χ2n) is 5.19. The molecule has 7 heteroatoms. The van der Waals surface area contributed by atoms with E-state index in [0.29, 0.717) is 23.2 Å². The maximum atomic E-state index is 11.2. The van der Waals surface area contributed by atoms with Crippen LogP contribution in [0.1, 0.15) is 11.3 Å². The number of non-ortho nitro benzene ring substituents is 1. The van der Waals surface area contributed by atoms with Crippen molar-refractivity contribution in [2.75, 3.05) is 0 Å². The Morgan fingerprint density at radius 3 is 2.58 bits per heavy atom. The Labute approximate surface area is 136 Å². The fraction of sp³-hybridized carbons (Fsp3) is 0.0588. The van der Waals surface area contributed by atoms with E-state index in [2.05, 4.69) is 5.10 Å². The van der Waals surface area contributed by atoms with E-state index in [1.807, 2.05) is 30.3 Å². The number of hydrogen-bond donors (Lipinski definition) is 1. The molecule has 0 aliphatic heterocycles. The molecule has 0 bridgehead atoms. The first kappa shape index (κ1) is 15.4. The average molecular weight is 323 g/mol. The second-order valence-corrected chi connectivity index (χ2v) is 5.19. The predicted octanol–water partition coefficient (Wildman–Crippen LogP) is 3.58. The van der Waals surface area contributed by atoms with Crippen LogP contribution in [0.25, 0.3) is 11.1 Å². The molecule has 0 atom stereocenters. The fourth-order valence-electron chi connectivity index (χ4n) is 2.46. The van der Waals surface area contributed by atoms with Gasteiger partial charge in [0, 0.05) is 30.3 Å². The zero-order chi connectivity index (χ0) is 17.1. The van der Waals surface area contributed by atoms with Crippen molar-refractivity contribution < 1.29 is 14.8 Å². The van der Waals surface area contributed by atoms with Gasteiger partial charge in [-0.1, -0.05) is 42.5 Å². The van der Waals surface area contributed by atoms with Crippen molar-refractivity contribution in [3.63, 3.8) is 0 Å². The molecule has 2 aromatic carbocycles. The largest absolute Gasteiger partial charge is 0.463 e. The zero-order valence-corrected chi connectivity index (χ0v) is 12.5. The van der Waals surface area contributed by atoms with Gasteiger partial charge in [-0.2, -0.15) is 9.78 Å². The summed E-state index contributed by atoms with van der Waals surface area (Å²) in [4.78, 5) is 21.7. The lowest BCUT2D eigenvalue weighted by molar-refractivity contribution is -0.384. The molecule has 0 aliphatic rings. The standard InChI is InChI=1S/C17H13N3O4/c21-17(22)19-11-15(13-7-4-8-14(10-13)20(23)24)16(18-19)9-12-5-2-1-3-6-12/h1-8,10-11H,9H2,(H,21,22). The molecular weight excluding hydrogens is 310 g/mol. The van der Waals surface area contributed by atoms with Gasteiger partial charge in [-0.15, -0.1) is 0 Å². The molecule has 1 heterocycles. The van der Waals surface area contributed by atoms with Gasteiger partial charge in [0.05, 0.1) is 10.6 Å². The smallest absolute Gasteiger partial charge is 0.432 e. The maximum absolute atomic E-state index is 11.2. The van der Waals surface area contributed by atoms with E-state index in [4.69, 9.17) is 0 Å². The summed E-state index contributed by atoms with van der Waals surface area (Å²) in [5.74, 6) is 0. The van der Waals surface area contributed by atoms with E-state index < -0.39 is 11.0 Å². The summed E-state index contributed by atoms with van der Waals surface area (Å²) in [6, 6.07) is 15.6. The van der Waals surface area contributed by atoms with Crippen LogP contribution in [0.15, 0.2) is 60.8 Å². The fourth-order valence-corrected chi connectivity index (χ4v) is 2.46. The number of carboxylic acid groups (broad SMARTS) is 1. The predicted molar refractivity (Wildman–Crippen MR) is 87.0 cm³/mol. The lowest BCUT2D eigenvalue weighted by atomic mass is 10.0. The molecule has 3 aromatic rings. The van der Waals surface area contributed by atoms with Gasteiger partial charge in [-0.25, -0.2) is 4.79 Å². The van der Waals surface area contributed by atoms with Gasteiger partial charge in [0.2, 0.25) is 0 Å². The molecule has 1 aromatic heterocycles. The molecule has 24 heavy (non-hydrogen) atoms. The topological polar surface area (TPSA) is 98.3 Å². The lowest BCUT2D eigenvalue weighted by Crippen LogP contribution is -2.08. The molecule has 0 unspecified atom stereocenters. The summed E-state index contributed by atoms with van der Waals surface area (Å²) in [5.41, 5.74) is 2.58. The Hall–Kier alpha value is -3.48. The summed E-state index contributed by atoms with van der Waals surface area (Å²) in [6.07, 6.45) is 0.597. The van der Waals surface area contributed by atoms with Gasteiger partial charge >= 0.3 is 6.09 Å². The number of nitro benzene ring substituents is 1. The molecule has 7 nitrogen and oxygen atoms in total. The van der Waals surface area contributed by atoms with Crippen LogP contribution >= 0.6 is 0 Å². The molecule has 0 saturated carbocycles. The van der Waals surface area contributed by atoms with Crippen LogP contribution in [0.2, 0.25) is 0 Å². The van der Waals surface area contributed by atoms with Crippen molar-refractivity contribution in [2.24, 2.45) is 0 Å². The lowest BCUT2D eigenvalue weighted by Gasteiger charge is -2.03. The third kappa shape index (κ3) is 3.14. The number of carbonyl (C=O) groups is 1. The number of nitro groups is 1. The van der Waals surface area contributed by atoms with Gasteiger partial charge in [0.25, 0.3) is 5.69 Å². The number of hydrogen-bond acceptors (Lipinski definition) is 4. The summed E-state index contributed by atoms with van der Waals surface area (Å²) >= 11 is 0. The third-order valence-electron chi connectivity index (χ3n) is 3.57. The second kappa shape index (κ2) is 6.33. The van der Waals surface area contributed by atoms with E-state index in [0.717, 1.165) is 10.2 Å². The van der Waals surface area contributed by atoms with E-state index in [1.165, 1.54) is 18.3 Å². The van der Waals surface area contributed by atoms with Gasteiger partial charge in [0.1, 0.15) is 0 Å². The molecule has 0 amide bonds. The normalized spacial score (nSPS) is 10.5. The van der Waals surface area contributed by atoms with Crippen molar-refractivity contribution in [1.29, 1.82) is 0 Å². The molecule has 0 saturated heterocycles. The molecule has 0 radical (unpaired) electrons. The minimum Gasteiger partial charge on any atom is -0.463 e. The highest BCUT2D eigenvalue weighted by Crippen LogP contribution is 2.28. The third-order valence-corrected chi connectivity index (χ3v) is 3.57. The molecule has 0 spiro atoms. The molecule has 0 fully saturated rings. The van der Waals surface area contributed by atoms with Crippen LogP contribution in [-0.4, -0.2) is 25.9 Å². The van der Waals surface area contributed by atoms with Crippen LogP contribution in [0.5, 0.6) is 0 Å².